The van der Waals surface area contributed by atoms with Gasteiger partial charge in [0.2, 0.25) is 0 Å². The first-order chi connectivity index (χ1) is 17.4. The molecule has 0 aromatic heterocycles. The van der Waals surface area contributed by atoms with Crippen molar-refractivity contribution in [3.63, 3.8) is 0 Å². The summed E-state index contributed by atoms with van der Waals surface area (Å²) in [6, 6.07) is 7.25. The van der Waals surface area contributed by atoms with Crippen molar-refractivity contribution in [3.8, 4) is 11.1 Å². The number of benzene rings is 2. The van der Waals surface area contributed by atoms with E-state index in [1.54, 1.807) is 30.3 Å². The van der Waals surface area contributed by atoms with Crippen molar-refractivity contribution in [2.45, 2.75) is 55.6 Å². The van der Waals surface area contributed by atoms with Crippen molar-refractivity contribution < 1.29 is 35.2 Å². The van der Waals surface area contributed by atoms with Gasteiger partial charge in [-0.3, -0.25) is 0 Å². The van der Waals surface area contributed by atoms with Crippen LogP contribution in [-0.4, -0.2) is 55.9 Å². The van der Waals surface area contributed by atoms with Gasteiger partial charge in [0, 0.05) is 17.5 Å². The molecule has 1 aliphatic heterocycles. The molecule has 2 aliphatic carbocycles. The molecule has 2 N–H and O–H groups in total. The Hall–Kier alpha value is -2.73. The van der Waals surface area contributed by atoms with E-state index in [1.165, 1.54) is 4.90 Å². The van der Waals surface area contributed by atoms with Crippen LogP contribution in [0.25, 0.3) is 11.1 Å². The Labute approximate surface area is 211 Å². The summed E-state index contributed by atoms with van der Waals surface area (Å²) >= 11 is 0. The number of hydrogen-bond donors (Lipinski definition) is 2. The van der Waals surface area contributed by atoms with Crippen LogP contribution < -0.4 is 10.0 Å². The van der Waals surface area contributed by atoms with Crippen molar-refractivity contribution in [1.29, 1.82) is 0 Å². The van der Waals surface area contributed by atoms with Gasteiger partial charge in [0.25, 0.3) is 10.0 Å². The summed E-state index contributed by atoms with van der Waals surface area (Å²) in [5.41, 5.74) is -2.07. The molecule has 2 aromatic rings. The zero-order valence-corrected chi connectivity index (χ0v) is 20.5. The van der Waals surface area contributed by atoms with Crippen molar-refractivity contribution in [2.75, 3.05) is 13.1 Å². The molecular weight excluding hydrogens is 517 g/mol. The maximum atomic E-state index is 15.6. The van der Waals surface area contributed by atoms with Crippen LogP contribution in [0.3, 0.4) is 0 Å². The first-order valence-electron chi connectivity index (χ1n) is 12.0. The largest absolute Gasteiger partial charge is 0.350 e. The number of nitrogens with zero attached hydrogens (tertiary/aromatic N) is 1. The summed E-state index contributed by atoms with van der Waals surface area (Å²) in [6.07, 6.45) is 1.17. The van der Waals surface area contributed by atoms with Crippen LogP contribution in [0.5, 0.6) is 0 Å². The summed E-state index contributed by atoms with van der Waals surface area (Å²) in [5, 5.41) is 2.50. The lowest BCUT2D eigenvalue weighted by molar-refractivity contribution is 0.182. The molecule has 1 saturated heterocycles. The van der Waals surface area contributed by atoms with E-state index in [0.29, 0.717) is 31.2 Å². The Balaban J connectivity index is 1.50. The monoisotopic (exact) mass is 543 g/mol. The smallest absolute Gasteiger partial charge is 0.335 e. The molecule has 12 heteroatoms. The molecular formula is C25H26F5N3O3S. The van der Waals surface area contributed by atoms with E-state index in [1.807, 2.05) is 4.72 Å². The normalized spacial score (nSPS) is 23.5. The summed E-state index contributed by atoms with van der Waals surface area (Å²) < 4.78 is 97.2. The molecule has 2 amide bonds. The van der Waals surface area contributed by atoms with Gasteiger partial charge in [-0.1, -0.05) is 30.3 Å². The van der Waals surface area contributed by atoms with E-state index in [2.05, 4.69) is 5.32 Å². The zero-order valence-electron chi connectivity index (χ0n) is 19.7. The number of hydrogen-bond acceptors (Lipinski definition) is 3. The second-order valence-corrected chi connectivity index (χ2v) is 11.9. The van der Waals surface area contributed by atoms with E-state index in [-0.39, 0.29) is 30.6 Å². The Kier molecular flexibility index (Phi) is 6.46. The molecule has 0 bridgehead atoms. The molecule has 1 spiro atoms. The highest BCUT2D eigenvalue weighted by Crippen LogP contribution is 2.55. The third-order valence-electron chi connectivity index (χ3n) is 7.58. The lowest BCUT2D eigenvalue weighted by Gasteiger charge is -2.30. The molecule has 0 unspecified atom stereocenters. The Morgan fingerprint density at radius 1 is 1.08 bits per heavy atom. The molecule has 3 aliphatic rings. The van der Waals surface area contributed by atoms with Gasteiger partial charge in [0.15, 0.2) is 0 Å². The van der Waals surface area contributed by atoms with Crippen LogP contribution in [0.1, 0.15) is 31.2 Å². The van der Waals surface area contributed by atoms with Crippen LogP contribution in [0, 0.1) is 17.0 Å². The van der Waals surface area contributed by atoms with Crippen LogP contribution in [0.15, 0.2) is 42.5 Å². The average molecular weight is 544 g/mol. The minimum absolute atomic E-state index is 0.0156. The number of amides is 2. The highest BCUT2D eigenvalue weighted by atomic mass is 32.2. The number of rotatable bonds is 8. The van der Waals surface area contributed by atoms with Gasteiger partial charge < -0.3 is 10.2 Å². The maximum absolute atomic E-state index is 15.6. The fourth-order valence-electron chi connectivity index (χ4n) is 5.15. The molecule has 1 heterocycles. The standard InChI is InChI=1S/C25H26F5N3O3S/c26-17-10-16(20(27)18(12-17)15-4-2-1-3-5-15)11-19-21(32-37(35,36)22(28)29)24(6-7-24)14-33(19)23(34)31-13-25(30)8-9-25/h1-5,10,12,19,21-22,32H,6-9,11,13-14H2,(H,31,34)/t19-,21+/m0/s1. The summed E-state index contributed by atoms with van der Waals surface area (Å²) in [4.78, 5) is 14.3. The summed E-state index contributed by atoms with van der Waals surface area (Å²) in [5.74, 6) is -5.22. The molecule has 5 rings (SSSR count). The van der Waals surface area contributed by atoms with Gasteiger partial charge in [-0.05, 0) is 55.4 Å². The number of carbonyl (C=O) groups excluding carboxylic acids is 1. The van der Waals surface area contributed by atoms with Gasteiger partial charge >= 0.3 is 11.8 Å². The fourth-order valence-corrected chi connectivity index (χ4v) is 6.01. The van der Waals surface area contributed by atoms with Crippen molar-refractivity contribution >= 4 is 16.1 Å². The third-order valence-corrected chi connectivity index (χ3v) is 8.64. The number of nitrogens with one attached hydrogen (secondary N) is 2. The molecule has 2 aromatic carbocycles. The minimum atomic E-state index is -5.05. The molecule has 37 heavy (non-hydrogen) atoms. The van der Waals surface area contributed by atoms with Crippen molar-refractivity contribution in [3.05, 3.63) is 59.7 Å². The molecule has 2 atom stereocenters. The highest BCUT2D eigenvalue weighted by Gasteiger charge is 2.62. The van der Waals surface area contributed by atoms with Crippen LogP contribution >= 0.6 is 0 Å². The van der Waals surface area contributed by atoms with Crippen LogP contribution in [-0.2, 0) is 16.4 Å². The van der Waals surface area contributed by atoms with Gasteiger partial charge in [0.1, 0.15) is 17.3 Å². The molecule has 3 fully saturated rings. The van der Waals surface area contributed by atoms with E-state index in [9.17, 15) is 30.8 Å². The number of likely N-dealkylation sites (tertiary alicyclic amines) is 1. The van der Waals surface area contributed by atoms with Crippen LogP contribution in [0.2, 0.25) is 0 Å². The SMILES string of the molecule is O=C(NCC1(F)CC1)N1CC2(CC2)[C@H](NS(=O)(=O)C(F)F)[C@@H]1Cc1cc(F)cc(-c2ccccc2)c1F. The molecule has 2 saturated carbocycles. The Morgan fingerprint density at radius 2 is 1.76 bits per heavy atom. The summed E-state index contributed by atoms with van der Waals surface area (Å²) in [6.45, 7) is -0.232. The Morgan fingerprint density at radius 3 is 2.35 bits per heavy atom. The number of carbonyl (C=O) groups is 1. The Bertz CT molecular complexity index is 1300. The van der Waals surface area contributed by atoms with E-state index >= 15 is 4.39 Å². The molecule has 6 nitrogen and oxygen atoms in total. The predicted molar refractivity (Wildman–Crippen MR) is 126 cm³/mol. The lowest BCUT2D eigenvalue weighted by Crippen LogP contribution is -2.53. The van der Waals surface area contributed by atoms with Gasteiger partial charge in [-0.25, -0.2) is 31.1 Å². The second-order valence-electron chi connectivity index (χ2n) is 10.3. The number of urea groups is 1. The first-order valence-corrected chi connectivity index (χ1v) is 13.5. The van der Waals surface area contributed by atoms with Crippen molar-refractivity contribution in [2.24, 2.45) is 5.41 Å². The van der Waals surface area contributed by atoms with Gasteiger partial charge in [-0.15, -0.1) is 0 Å². The number of halogens is 5. The molecule has 200 valence electrons. The van der Waals surface area contributed by atoms with E-state index in [4.69, 9.17) is 0 Å². The third kappa shape index (κ3) is 5.18. The van der Waals surface area contributed by atoms with Crippen LogP contribution in [0.4, 0.5) is 26.7 Å². The number of alkyl halides is 3. The minimum Gasteiger partial charge on any atom is -0.335 e. The average Bonchev–Trinajstić information content (AvgIpc) is 3.77. The fraction of sp³-hybridized carbons (Fsp3) is 0.480. The zero-order chi connectivity index (χ0) is 26.6. The quantitative estimate of drug-likeness (QED) is 0.486. The predicted octanol–water partition coefficient (Wildman–Crippen LogP) is 4.36. The van der Waals surface area contributed by atoms with Gasteiger partial charge in [0.05, 0.1) is 18.6 Å². The molecule has 0 radical (unpaired) electrons. The second kappa shape index (κ2) is 9.23. The van der Waals surface area contributed by atoms with E-state index < -0.39 is 56.6 Å². The van der Waals surface area contributed by atoms with Crippen molar-refractivity contribution in [1.82, 2.24) is 14.9 Å². The van der Waals surface area contributed by atoms with Gasteiger partial charge in [-0.2, -0.15) is 8.78 Å². The lowest BCUT2D eigenvalue weighted by atomic mass is 9.91. The first kappa shape index (κ1) is 25.9. The maximum Gasteiger partial charge on any atom is 0.350 e. The van der Waals surface area contributed by atoms with E-state index in [0.717, 1.165) is 12.1 Å². The number of sulfonamides is 1. The topological polar surface area (TPSA) is 78.5 Å². The summed E-state index contributed by atoms with van der Waals surface area (Å²) in [7, 11) is -5.05. The highest BCUT2D eigenvalue weighted by molar-refractivity contribution is 7.89.